The third kappa shape index (κ3) is 1.15. The topological polar surface area (TPSA) is 61.1 Å². The molecule has 0 aliphatic heterocycles. The second-order valence-electron chi connectivity index (χ2n) is 2.42. The van der Waals surface area contributed by atoms with Crippen LogP contribution in [0.25, 0.3) is 0 Å². The highest BCUT2D eigenvalue weighted by atomic mass is 16.3. The molecule has 0 unspecified atom stereocenters. The second kappa shape index (κ2) is 3.05. The highest BCUT2D eigenvalue weighted by molar-refractivity contribution is 5.82. The van der Waals surface area contributed by atoms with Gasteiger partial charge in [0.05, 0.1) is 11.1 Å². The van der Waals surface area contributed by atoms with Gasteiger partial charge in [-0.3, -0.25) is 4.79 Å². The van der Waals surface area contributed by atoms with Crippen LogP contribution in [-0.2, 0) is 0 Å². The van der Waals surface area contributed by atoms with Crippen molar-refractivity contribution in [2.24, 2.45) is 0 Å². The van der Waals surface area contributed by atoms with E-state index in [2.05, 4.69) is 0 Å². The van der Waals surface area contributed by atoms with Gasteiger partial charge in [-0.05, 0) is 18.6 Å². The number of nitrogens with zero attached hydrogens (tertiary/aromatic N) is 1. The third-order valence-electron chi connectivity index (χ3n) is 1.67. The largest absolute Gasteiger partial charge is 0.506 e. The molecule has 0 radical (unpaired) electrons. The first kappa shape index (κ1) is 8.28. The first-order valence-corrected chi connectivity index (χ1v) is 3.38. The Morgan fingerprint density at radius 1 is 1.58 bits per heavy atom. The zero-order chi connectivity index (χ0) is 9.14. The standard InChI is InChI=1S/C9H7NO2/c1-6-2-3-7(4-10)9(12)8(6)5-11/h2-3,5,12H,1H3. The van der Waals surface area contributed by atoms with E-state index in [0.29, 0.717) is 11.8 Å². The minimum Gasteiger partial charge on any atom is -0.506 e. The molecule has 3 nitrogen and oxygen atoms in total. The molecule has 1 aromatic rings. The molecule has 12 heavy (non-hydrogen) atoms. The highest BCUT2D eigenvalue weighted by Gasteiger charge is 2.07. The van der Waals surface area contributed by atoms with Crippen LogP contribution in [0.2, 0.25) is 0 Å². The molecule has 0 aliphatic carbocycles. The third-order valence-corrected chi connectivity index (χ3v) is 1.67. The van der Waals surface area contributed by atoms with Gasteiger partial charge >= 0.3 is 0 Å². The monoisotopic (exact) mass is 161 g/mol. The molecular formula is C9H7NO2. The van der Waals surface area contributed by atoms with Crippen LogP contribution in [0.5, 0.6) is 5.75 Å². The van der Waals surface area contributed by atoms with E-state index in [1.807, 2.05) is 0 Å². The maximum absolute atomic E-state index is 10.4. The maximum Gasteiger partial charge on any atom is 0.154 e. The normalized spacial score (nSPS) is 9.00. The average Bonchev–Trinajstić information content (AvgIpc) is 2.06. The molecular weight excluding hydrogens is 154 g/mol. The number of phenolic OH excluding ortho intramolecular Hbond substituents is 1. The summed E-state index contributed by atoms with van der Waals surface area (Å²) < 4.78 is 0. The van der Waals surface area contributed by atoms with Crippen LogP contribution < -0.4 is 0 Å². The van der Waals surface area contributed by atoms with Gasteiger partial charge in [-0.25, -0.2) is 0 Å². The van der Waals surface area contributed by atoms with Crippen molar-refractivity contribution in [2.45, 2.75) is 6.92 Å². The van der Waals surface area contributed by atoms with Crippen molar-refractivity contribution in [3.05, 3.63) is 28.8 Å². The summed E-state index contributed by atoms with van der Waals surface area (Å²) in [6.07, 6.45) is 0.547. The number of hydrogen-bond donors (Lipinski definition) is 1. The number of aromatic hydroxyl groups is 1. The number of carbonyl (C=O) groups excluding carboxylic acids is 1. The van der Waals surface area contributed by atoms with E-state index in [-0.39, 0.29) is 16.9 Å². The summed E-state index contributed by atoms with van der Waals surface area (Å²) in [5, 5.41) is 17.8. The van der Waals surface area contributed by atoms with Gasteiger partial charge in [0.25, 0.3) is 0 Å². The van der Waals surface area contributed by atoms with Crippen molar-refractivity contribution >= 4 is 6.29 Å². The molecule has 1 aromatic carbocycles. The number of aryl methyl sites for hydroxylation is 1. The lowest BCUT2D eigenvalue weighted by Crippen LogP contribution is -1.89. The van der Waals surface area contributed by atoms with Gasteiger partial charge < -0.3 is 5.11 Å². The molecule has 0 bridgehead atoms. The lowest BCUT2D eigenvalue weighted by atomic mass is 10.1. The average molecular weight is 161 g/mol. The summed E-state index contributed by atoms with van der Waals surface area (Å²) in [6.45, 7) is 1.70. The Labute approximate surface area is 69.9 Å². The summed E-state index contributed by atoms with van der Waals surface area (Å²) in [4.78, 5) is 10.4. The van der Waals surface area contributed by atoms with Crippen LogP contribution in [0.1, 0.15) is 21.5 Å². The lowest BCUT2D eigenvalue weighted by molar-refractivity contribution is 0.112. The van der Waals surface area contributed by atoms with Crippen LogP contribution in [0.3, 0.4) is 0 Å². The number of benzene rings is 1. The Hall–Kier alpha value is -1.82. The summed E-state index contributed by atoms with van der Waals surface area (Å²) >= 11 is 0. The van der Waals surface area contributed by atoms with Crippen LogP contribution in [0, 0.1) is 18.3 Å². The van der Waals surface area contributed by atoms with Gasteiger partial charge in [0.15, 0.2) is 6.29 Å². The zero-order valence-corrected chi connectivity index (χ0v) is 6.53. The first-order valence-electron chi connectivity index (χ1n) is 3.38. The second-order valence-corrected chi connectivity index (χ2v) is 2.42. The van der Waals surface area contributed by atoms with Crippen molar-refractivity contribution in [1.82, 2.24) is 0 Å². The molecule has 0 aliphatic rings. The number of phenols is 1. The highest BCUT2D eigenvalue weighted by Crippen LogP contribution is 2.22. The maximum atomic E-state index is 10.4. The Balaban J connectivity index is 3.46. The molecule has 60 valence electrons. The Morgan fingerprint density at radius 2 is 2.25 bits per heavy atom. The predicted molar refractivity (Wildman–Crippen MR) is 42.9 cm³/mol. The van der Waals surface area contributed by atoms with E-state index in [0.717, 1.165) is 0 Å². The molecule has 1 rings (SSSR count). The van der Waals surface area contributed by atoms with Gasteiger partial charge in [0.2, 0.25) is 0 Å². The summed E-state index contributed by atoms with van der Waals surface area (Å²) in [5.41, 5.74) is 0.984. The molecule has 0 saturated heterocycles. The van der Waals surface area contributed by atoms with Gasteiger partial charge in [-0.15, -0.1) is 0 Å². The predicted octanol–water partition coefficient (Wildman–Crippen LogP) is 1.38. The van der Waals surface area contributed by atoms with Crippen molar-refractivity contribution in [1.29, 1.82) is 5.26 Å². The smallest absolute Gasteiger partial charge is 0.154 e. The van der Waals surface area contributed by atoms with Crippen LogP contribution in [-0.4, -0.2) is 11.4 Å². The van der Waals surface area contributed by atoms with E-state index >= 15 is 0 Å². The Morgan fingerprint density at radius 3 is 2.75 bits per heavy atom. The Kier molecular flexibility index (Phi) is 2.11. The lowest BCUT2D eigenvalue weighted by Gasteiger charge is -2.01. The molecule has 0 aromatic heterocycles. The van der Waals surface area contributed by atoms with E-state index in [4.69, 9.17) is 5.26 Å². The fourth-order valence-electron chi connectivity index (χ4n) is 0.948. The van der Waals surface area contributed by atoms with Crippen molar-refractivity contribution < 1.29 is 9.90 Å². The van der Waals surface area contributed by atoms with E-state index in [9.17, 15) is 9.90 Å². The summed E-state index contributed by atoms with van der Waals surface area (Å²) in [5.74, 6) is -0.229. The molecule has 0 saturated carbocycles. The molecule has 1 N–H and O–H groups in total. The molecule has 3 heteroatoms. The van der Waals surface area contributed by atoms with Crippen LogP contribution in [0.15, 0.2) is 12.1 Å². The quantitative estimate of drug-likeness (QED) is 0.633. The van der Waals surface area contributed by atoms with Gasteiger partial charge in [0.1, 0.15) is 11.8 Å². The Bertz CT molecular complexity index is 364. The molecule has 0 spiro atoms. The number of nitriles is 1. The first-order chi connectivity index (χ1) is 5.70. The van der Waals surface area contributed by atoms with E-state index in [1.54, 1.807) is 19.1 Å². The number of carbonyl (C=O) groups is 1. The summed E-state index contributed by atoms with van der Waals surface area (Å²) in [6, 6.07) is 4.90. The van der Waals surface area contributed by atoms with Gasteiger partial charge in [-0.1, -0.05) is 6.07 Å². The molecule has 0 fully saturated rings. The molecule has 0 atom stereocenters. The number of aldehydes is 1. The SMILES string of the molecule is Cc1ccc(C#N)c(O)c1C=O. The fraction of sp³-hybridized carbons (Fsp3) is 0.111. The van der Waals surface area contributed by atoms with E-state index < -0.39 is 0 Å². The van der Waals surface area contributed by atoms with Crippen molar-refractivity contribution in [3.8, 4) is 11.8 Å². The van der Waals surface area contributed by atoms with Crippen molar-refractivity contribution in [2.75, 3.05) is 0 Å². The number of rotatable bonds is 1. The summed E-state index contributed by atoms with van der Waals surface area (Å²) in [7, 11) is 0. The van der Waals surface area contributed by atoms with Gasteiger partial charge in [-0.2, -0.15) is 5.26 Å². The van der Waals surface area contributed by atoms with Crippen LogP contribution in [0.4, 0.5) is 0 Å². The fourth-order valence-corrected chi connectivity index (χ4v) is 0.948. The van der Waals surface area contributed by atoms with Gasteiger partial charge in [0, 0.05) is 0 Å². The van der Waals surface area contributed by atoms with Crippen LogP contribution >= 0.6 is 0 Å². The number of hydrogen-bond acceptors (Lipinski definition) is 3. The molecule has 0 heterocycles. The van der Waals surface area contributed by atoms with E-state index in [1.165, 1.54) is 6.07 Å². The minimum absolute atomic E-state index is 0.128. The van der Waals surface area contributed by atoms with Crippen molar-refractivity contribution in [3.63, 3.8) is 0 Å². The zero-order valence-electron chi connectivity index (χ0n) is 6.53. The molecule has 0 amide bonds. The minimum atomic E-state index is -0.229.